The normalized spacial score (nSPS) is 9.76. The van der Waals surface area contributed by atoms with E-state index in [0.717, 1.165) is 18.7 Å². The highest BCUT2D eigenvalue weighted by Gasteiger charge is 2.00. The van der Waals surface area contributed by atoms with Gasteiger partial charge >= 0.3 is 0 Å². The molecule has 0 aliphatic heterocycles. The molecular formula is C12H19N3O2. The summed E-state index contributed by atoms with van der Waals surface area (Å²) < 4.78 is 5.00. The number of nitrogens with zero attached hydrogens (tertiary/aromatic N) is 1. The van der Waals surface area contributed by atoms with Gasteiger partial charge in [-0.2, -0.15) is 0 Å². The number of pyridine rings is 1. The van der Waals surface area contributed by atoms with Gasteiger partial charge in [-0.3, -0.25) is 4.79 Å². The lowest BCUT2D eigenvalue weighted by molar-refractivity contribution is -0.120. The first-order chi connectivity index (χ1) is 8.26. The Morgan fingerprint density at radius 1 is 1.47 bits per heavy atom. The van der Waals surface area contributed by atoms with Crippen molar-refractivity contribution in [1.29, 1.82) is 0 Å². The number of nitrogens with one attached hydrogen (secondary N) is 2. The number of rotatable bonds is 7. The fraction of sp³-hybridized carbons (Fsp3) is 0.500. The molecule has 1 aromatic heterocycles. The Balaban J connectivity index is 2.28. The van der Waals surface area contributed by atoms with Gasteiger partial charge in [-0.1, -0.05) is 6.92 Å². The molecule has 5 heteroatoms. The molecule has 0 aliphatic carbocycles. The predicted octanol–water partition coefficient (Wildman–Crippen LogP) is 1.42. The molecule has 1 aromatic rings. The molecule has 0 atom stereocenters. The van der Waals surface area contributed by atoms with Crippen LogP contribution in [-0.4, -0.2) is 31.1 Å². The molecule has 0 aromatic carbocycles. The van der Waals surface area contributed by atoms with E-state index in [0.29, 0.717) is 18.8 Å². The molecule has 0 fully saturated rings. The van der Waals surface area contributed by atoms with Gasteiger partial charge in [0.1, 0.15) is 0 Å². The van der Waals surface area contributed by atoms with Gasteiger partial charge in [-0.25, -0.2) is 4.98 Å². The van der Waals surface area contributed by atoms with E-state index >= 15 is 0 Å². The SMILES string of the molecule is CCCNC(=O)CCNc1ccnc(OC)c1. The lowest BCUT2D eigenvalue weighted by atomic mass is 10.3. The van der Waals surface area contributed by atoms with Crippen molar-refractivity contribution in [3.8, 4) is 5.88 Å². The van der Waals surface area contributed by atoms with Crippen LogP contribution in [0, 0.1) is 0 Å². The number of hydrogen-bond donors (Lipinski definition) is 2. The van der Waals surface area contributed by atoms with Crippen LogP contribution in [0.25, 0.3) is 0 Å². The van der Waals surface area contributed by atoms with Crippen LogP contribution in [-0.2, 0) is 4.79 Å². The van der Waals surface area contributed by atoms with Crippen LogP contribution in [0.3, 0.4) is 0 Å². The summed E-state index contributed by atoms with van der Waals surface area (Å²) in [6.45, 7) is 3.37. The topological polar surface area (TPSA) is 63.2 Å². The summed E-state index contributed by atoms with van der Waals surface area (Å²) in [4.78, 5) is 15.3. The van der Waals surface area contributed by atoms with Crippen molar-refractivity contribution >= 4 is 11.6 Å². The van der Waals surface area contributed by atoms with E-state index < -0.39 is 0 Å². The van der Waals surface area contributed by atoms with Crippen LogP contribution in [0.15, 0.2) is 18.3 Å². The fourth-order valence-corrected chi connectivity index (χ4v) is 1.30. The van der Waals surface area contributed by atoms with Crippen molar-refractivity contribution < 1.29 is 9.53 Å². The highest BCUT2D eigenvalue weighted by molar-refractivity contribution is 5.76. The Morgan fingerprint density at radius 3 is 3.00 bits per heavy atom. The average molecular weight is 237 g/mol. The molecule has 0 spiro atoms. The maximum Gasteiger partial charge on any atom is 0.221 e. The van der Waals surface area contributed by atoms with Gasteiger partial charge in [-0.15, -0.1) is 0 Å². The van der Waals surface area contributed by atoms with Crippen LogP contribution in [0.2, 0.25) is 0 Å². The minimum absolute atomic E-state index is 0.0698. The summed E-state index contributed by atoms with van der Waals surface area (Å²) in [5, 5.41) is 5.97. The molecule has 1 heterocycles. The van der Waals surface area contributed by atoms with Gasteiger partial charge in [0, 0.05) is 37.5 Å². The third-order valence-corrected chi connectivity index (χ3v) is 2.20. The molecule has 17 heavy (non-hydrogen) atoms. The van der Waals surface area contributed by atoms with Crippen LogP contribution >= 0.6 is 0 Å². The quantitative estimate of drug-likeness (QED) is 0.752. The molecule has 5 nitrogen and oxygen atoms in total. The summed E-state index contributed by atoms with van der Waals surface area (Å²) in [5.74, 6) is 0.630. The summed E-state index contributed by atoms with van der Waals surface area (Å²) >= 11 is 0. The maximum atomic E-state index is 11.3. The zero-order valence-corrected chi connectivity index (χ0v) is 10.3. The number of aromatic nitrogens is 1. The third kappa shape index (κ3) is 5.19. The van der Waals surface area contributed by atoms with Crippen molar-refractivity contribution in [2.24, 2.45) is 0 Å². The molecule has 2 N–H and O–H groups in total. The van der Waals surface area contributed by atoms with Crippen molar-refractivity contribution in [3.63, 3.8) is 0 Å². The number of amides is 1. The van der Waals surface area contributed by atoms with Crippen LogP contribution in [0.1, 0.15) is 19.8 Å². The van der Waals surface area contributed by atoms with E-state index in [-0.39, 0.29) is 5.91 Å². The fourth-order valence-electron chi connectivity index (χ4n) is 1.30. The van der Waals surface area contributed by atoms with Crippen molar-refractivity contribution in [1.82, 2.24) is 10.3 Å². The van der Waals surface area contributed by atoms with E-state index in [4.69, 9.17) is 4.74 Å². The first kappa shape index (κ1) is 13.3. The van der Waals surface area contributed by atoms with E-state index in [1.54, 1.807) is 19.4 Å². The van der Waals surface area contributed by atoms with Gasteiger partial charge < -0.3 is 15.4 Å². The average Bonchev–Trinajstić information content (AvgIpc) is 2.36. The number of anilines is 1. The van der Waals surface area contributed by atoms with Crippen molar-refractivity contribution in [2.45, 2.75) is 19.8 Å². The predicted molar refractivity (Wildman–Crippen MR) is 67.2 cm³/mol. The third-order valence-electron chi connectivity index (χ3n) is 2.20. The summed E-state index contributed by atoms with van der Waals surface area (Å²) in [6, 6.07) is 3.64. The first-order valence-electron chi connectivity index (χ1n) is 5.77. The number of methoxy groups -OCH3 is 1. The zero-order valence-electron chi connectivity index (χ0n) is 10.3. The standard InChI is InChI=1S/C12H19N3O2/c1-3-6-14-11(16)5-8-13-10-4-7-15-12(9-10)17-2/h4,7,9H,3,5-6,8H2,1-2H3,(H,13,15)(H,14,16). The molecular weight excluding hydrogens is 218 g/mol. The number of hydrogen-bond acceptors (Lipinski definition) is 4. The molecule has 1 amide bonds. The Kier molecular flexibility index (Phi) is 5.85. The first-order valence-corrected chi connectivity index (χ1v) is 5.77. The minimum atomic E-state index is 0.0698. The van der Waals surface area contributed by atoms with Gasteiger partial charge in [0.25, 0.3) is 0 Å². The largest absolute Gasteiger partial charge is 0.481 e. The van der Waals surface area contributed by atoms with Gasteiger partial charge in [0.2, 0.25) is 11.8 Å². The van der Waals surface area contributed by atoms with E-state index in [1.807, 2.05) is 13.0 Å². The molecule has 0 unspecified atom stereocenters. The second-order valence-electron chi connectivity index (χ2n) is 3.61. The Morgan fingerprint density at radius 2 is 2.29 bits per heavy atom. The molecule has 0 saturated heterocycles. The van der Waals surface area contributed by atoms with E-state index in [2.05, 4.69) is 15.6 Å². The molecule has 0 aliphatic rings. The Hall–Kier alpha value is -1.78. The van der Waals surface area contributed by atoms with Crippen molar-refractivity contribution in [2.75, 3.05) is 25.5 Å². The van der Waals surface area contributed by atoms with Crippen LogP contribution in [0.4, 0.5) is 5.69 Å². The second kappa shape index (κ2) is 7.49. The number of carbonyl (C=O) groups is 1. The summed E-state index contributed by atoms with van der Waals surface area (Å²) in [5.41, 5.74) is 0.903. The van der Waals surface area contributed by atoms with Gasteiger partial charge in [-0.05, 0) is 12.5 Å². The lowest BCUT2D eigenvalue weighted by Gasteiger charge is -2.07. The highest BCUT2D eigenvalue weighted by atomic mass is 16.5. The summed E-state index contributed by atoms with van der Waals surface area (Å²) in [7, 11) is 1.57. The highest BCUT2D eigenvalue weighted by Crippen LogP contribution is 2.12. The number of ether oxygens (including phenoxy) is 1. The Labute approximate surface area is 102 Å². The second-order valence-corrected chi connectivity index (χ2v) is 3.61. The van der Waals surface area contributed by atoms with E-state index in [9.17, 15) is 4.79 Å². The molecule has 0 radical (unpaired) electrons. The number of carbonyl (C=O) groups excluding carboxylic acids is 1. The molecule has 1 rings (SSSR count). The van der Waals surface area contributed by atoms with Crippen molar-refractivity contribution in [3.05, 3.63) is 18.3 Å². The molecule has 0 bridgehead atoms. The maximum absolute atomic E-state index is 11.3. The molecule has 94 valence electrons. The van der Waals surface area contributed by atoms with Gasteiger partial charge in [0.15, 0.2) is 0 Å². The van der Waals surface area contributed by atoms with Crippen LogP contribution in [0.5, 0.6) is 5.88 Å². The smallest absolute Gasteiger partial charge is 0.221 e. The molecule has 0 saturated carbocycles. The monoisotopic (exact) mass is 237 g/mol. The van der Waals surface area contributed by atoms with E-state index in [1.165, 1.54) is 0 Å². The van der Waals surface area contributed by atoms with Crippen LogP contribution < -0.4 is 15.4 Å². The van der Waals surface area contributed by atoms with Gasteiger partial charge in [0.05, 0.1) is 7.11 Å². The lowest BCUT2D eigenvalue weighted by Crippen LogP contribution is -2.25. The Bertz CT molecular complexity index is 355. The minimum Gasteiger partial charge on any atom is -0.481 e. The summed E-state index contributed by atoms with van der Waals surface area (Å²) in [6.07, 6.45) is 3.09. The zero-order chi connectivity index (χ0) is 12.5.